The zero-order valence-corrected chi connectivity index (χ0v) is 14.5. The molecule has 8 heteroatoms. The minimum Gasteiger partial charge on any atom is -0.383 e. The zero-order chi connectivity index (χ0) is 17.9. The molecule has 0 fully saturated rings. The average molecular weight is 335 g/mol. The van der Waals surface area contributed by atoms with Gasteiger partial charge in [-0.25, -0.2) is 0 Å². The summed E-state index contributed by atoms with van der Waals surface area (Å²) in [5, 5.41) is 18.3. The first-order valence-corrected chi connectivity index (χ1v) is 7.91. The molecule has 0 radical (unpaired) electrons. The summed E-state index contributed by atoms with van der Waals surface area (Å²) in [4.78, 5) is 23.4. The molecule has 132 valence electrons. The predicted octanol–water partition coefficient (Wildman–Crippen LogP) is 0.225. The third-order valence-electron chi connectivity index (χ3n) is 3.64. The van der Waals surface area contributed by atoms with E-state index in [9.17, 15) is 9.59 Å². The van der Waals surface area contributed by atoms with E-state index >= 15 is 0 Å². The molecular weight excluding hydrogens is 310 g/mol. The van der Waals surface area contributed by atoms with Crippen molar-refractivity contribution >= 4 is 11.8 Å². The Morgan fingerprint density at radius 3 is 2.71 bits per heavy atom. The van der Waals surface area contributed by atoms with Gasteiger partial charge in [0.2, 0.25) is 11.8 Å². The smallest absolute Gasteiger partial charge is 0.239 e. The van der Waals surface area contributed by atoms with Gasteiger partial charge in [0.1, 0.15) is 0 Å². The van der Waals surface area contributed by atoms with Gasteiger partial charge in [-0.3, -0.25) is 14.3 Å². The van der Waals surface area contributed by atoms with Crippen LogP contribution in [-0.2, 0) is 27.3 Å². The summed E-state index contributed by atoms with van der Waals surface area (Å²) in [5.74, 6) is -0.419. The van der Waals surface area contributed by atoms with Crippen LogP contribution in [0.5, 0.6) is 0 Å². The minimum atomic E-state index is -0.239. The van der Waals surface area contributed by atoms with Crippen LogP contribution in [0.4, 0.5) is 0 Å². The predicted molar refractivity (Wildman–Crippen MR) is 88.1 cm³/mol. The summed E-state index contributed by atoms with van der Waals surface area (Å²) in [6, 6.07) is 2.10. The van der Waals surface area contributed by atoms with Crippen molar-refractivity contribution in [1.82, 2.24) is 20.4 Å². The molecule has 24 heavy (non-hydrogen) atoms. The van der Waals surface area contributed by atoms with Gasteiger partial charge in [0.25, 0.3) is 0 Å². The highest BCUT2D eigenvalue weighted by Gasteiger charge is 2.13. The van der Waals surface area contributed by atoms with Crippen LogP contribution in [0, 0.1) is 25.2 Å². The molecule has 0 aromatic carbocycles. The Balaban J connectivity index is 2.40. The number of nitrogens with zero attached hydrogens (tertiary/aromatic N) is 3. The number of nitrogens with one attached hydrogen (secondary N) is 2. The second-order valence-corrected chi connectivity index (χ2v) is 5.40. The SMILES string of the molecule is COCCNC(=O)CNC(=O)CCc1c(C)nn(CCC#N)c1C. The highest BCUT2D eigenvalue weighted by molar-refractivity contribution is 5.84. The number of ether oxygens (including phenoxy) is 1. The second-order valence-electron chi connectivity index (χ2n) is 5.40. The highest BCUT2D eigenvalue weighted by atomic mass is 16.5. The van der Waals surface area contributed by atoms with Crippen LogP contribution < -0.4 is 10.6 Å². The molecule has 0 aliphatic heterocycles. The molecular formula is C16H25N5O3. The molecule has 0 atom stereocenters. The van der Waals surface area contributed by atoms with Gasteiger partial charge in [0, 0.05) is 25.8 Å². The van der Waals surface area contributed by atoms with Crippen LogP contribution in [0.1, 0.15) is 29.8 Å². The lowest BCUT2D eigenvalue weighted by Gasteiger charge is -2.07. The van der Waals surface area contributed by atoms with Gasteiger partial charge in [-0.1, -0.05) is 0 Å². The maximum atomic E-state index is 11.9. The molecule has 1 aromatic heterocycles. The van der Waals surface area contributed by atoms with Crippen molar-refractivity contribution in [3.63, 3.8) is 0 Å². The van der Waals surface area contributed by atoms with Crippen LogP contribution in [0.2, 0.25) is 0 Å². The van der Waals surface area contributed by atoms with E-state index < -0.39 is 0 Å². The summed E-state index contributed by atoms with van der Waals surface area (Å²) in [6.07, 6.45) is 1.25. The Labute approximate surface area is 142 Å². The van der Waals surface area contributed by atoms with E-state index in [-0.39, 0.29) is 24.8 Å². The standard InChI is InChI=1S/C16H25N5O3/c1-12-14(13(2)21(20-12)9-4-7-17)5-6-15(22)19-11-16(23)18-8-10-24-3/h4-6,8-11H2,1-3H3,(H,18,23)(H,19,22). The molecule has 0 aliphatic carbocycles. The summed E-state index contributed by atoms with van der Waals surface area (Å²) < 4.78 is 6.63. The van der Waals surface area contributed by atoms with Crippen molar-refractivity contribution in [2.45, 2.75) is 39.7 Å². The minimum absolute atomic E-state index is 0.0397. The molecule has 0 aliphatic rings. The molecule has 0 saturated heterocycles. The summed E-state index contributed by atoms with van der Waals surface area (Å²) in [5.41, 5.74) is 2.87. The lowest BCUT2D eigenvalue weighted by Crippen LogP contribution is -2.38. The van der Waals surface area contributed by atoms with Gasteiger partial charge in [0.15, 0.2) is 0 Å². The Hall–Kier alpha value is -2.40. The quantitative estimate of drug-likeness (QED) is 0.595. The van der Waals surface area contributed by atoms with E-state index in [0.717, 1.165) is 17.0 Å². The number of aryl methyl sites for hydroxylation is 2. The van der Waals surface area contributed by atoms with Gasteiger partial charge in [-0.2, -0.15) is 10.4 Å². The Morgan fingerprint density at radius 2 is 2.04 bits per heavy atom. The molecule has 1 rings (SSSR count). The van der Waals surface area contributed by atoms with E-state index in [1.54, 1.807) is 11.8 Å². The Bertz CT molecular complexity index is 604. The van der Waals surface area contributed by atoms with E-state index in [1.807, 2.05) is 13.8 Å². The molecule has 0 bridgehead atoms. The molecule has 1 aromatic rings. The zero-order valence-electron chi connectivity index (χ0n) is 14.5. The van der Waals surface area contributed by atoms with Crippen molar-refractivity contribution in [2.75, 3.05) is 26.8 Å². The van der Waals surface area contributed by atoms with E-state index in [4.69, 9.17) is 10.00 Å². The third-order valence-corrected chi connectivity index (χ3v) is 3.64. The van der Waals surface area contributed by atoms with E-state index in [1.165, 1.54) is 0 Å². The summed E-state index contributed by atoms with van der Waals surface area (Å²) in [7, 11) is 1.56. The van der Waals surface area contributed by atoms with Crippen molar-refractivity contribution in [1.29, 1.82) is 5.26 Å². The maximum absolute atomic E-state index is 11.9. The molecule has 0 spiro atoms. The third kappa shape index (κ3) is 6.38. The number of amides is 2. The van der Waals surface area contributed by atoms with E-state index in [0.29, 0.717) is 32.5 Å². The molecule has 0 unspecified atom stereocenters. The number of hydrogen-bond donors (Lipinski definition) is 2. The summed E-state index contributed by atoms with van der Waals surface area (Å²) >= 11 is 0. The van der Waals surface area contributed by atoms with Crippen LogP contribution in [-0.4, -0.2) is 48.4 Å². The van der Waals surface area contributed by atoms with Gasteiger partial charge < -0.3 is 15.4 Å². The second kappa shape index (κ2) is 10.4. The average Bonchev–Trinajstić information content (AvgIpc) is 2.83. The van der Waals surface area contributed by atoms with Crippen LogP contribution in [0.3, 0.4) is 0 Å². The first-order chi connectivity index (χ1) is 11.5. The van der Waals surface area contributed by atoms with Crippen LogP contribution >= 0.6 is 0 Å². The fraction of sp³-hybridized carbons (Fsp3) is 0.625. The lowest BCUT2D eigenvalue weighted by molar-refractivity contribution is -0.126. The van der Waals surface area contributed by atoms with Gasteiger partial charge in [0.05, 0.1) is 37.9 Å². The first-order valence-electron chi connectivity index (χ1n) is 7.91. The lowest BCUT2D eigenvalue weighted by atomic mass is 10.1. The maximum Gasteiger partial charge on any atom is 0.239 e. The van der Waals surface area contributed by atoms with Crippen molar-refractivity contribution in [3.05, 3.63) is 17.0 Å². The molecule has 0 saturated carbocycles. The monoisotopic (exact) mass is 335 g/mol. The van der Waals surface area contributed by atoms with E-state index in [2.05, 4.69) is 21.8 Å². The normalized spacial score (nSPS) is 10.2. The van der Waals surface area contributed by atoms with Gasteiger partial charge in [-0.05, 0) is 25.8 Å². The summed E-state index contributed by atoms with van der Waals surface area (Å²) in [6.45, 7) is 5.21. The van der Waals surface area contributed by atoms with Crippen LogP contribution in [0.15, 0.2) is 0 Å². The highest BCUT2D eigenvalue weighted by Crippen LogP contribution is 2.15. The Kier molecular flexibility index (Phi) is 8.50. The number of carbonyl (C=O) groups excluding carboxylic acids is 2. The number of hydrogen-bond acceptors (Lipinski definition) is 5. The first kappa shape index (κ1) is 19.6. The largest absolute Gasteiger partial charge is 0.383 e. The number of rotatable bonds is 10. The van der Waals surface area contributed by atoms with Crippen molar-refractivity contribution in [3.8, 4) is 6.07 Å². The Morgan fingerprint density at radius 1 is 1.29 bits per heavy atom. The number of aromatic nitrogens is 2. The number of methoxy groups -OCH3 is 1. The van der Waals surface area contributed by atoms with Gasteiger partial charge in [-0.15, -0.1) is 0 Å². The molecule has 2 N–H and O–H groups in total. The number of nitriles is 1. The van der Waals surface area contributed by atoms with Crippen LogP contribution in [0.25, 0.3) is 0 Å². The van der Waals surface area contributed by atoms with Crippen molar-refractivity contribution < 1.29 is 14.3 Å². The fourth-order valence-electron chi connectivity index (χ4n) is 2.33. The van der Waals surface area contributed by atoms with Crippen molar-refractivity contribution in [2.24, 2.45) is 0 Å². The number of carbonyl (C=O) groups is 2. The molecule has 2 amide bonds. The van der Waals surface area contributed by atoms with Gasteiger partial charge >= 0.3 is 0 Å². The molecule has 8 nitrogen and oxygen atoms in total. The molecule has 1 heterocycles. The topological polar surface area (TPSA) is 109 Å². The fourth-order valence-corrected chi connectivity index (χ4v) is 2.33.